The second-order valence-corrected chi connectivity index (χ2v) is 4.03. The van der Waals surface area contributed by atoms with Crippen LogP contribution in [0.15, 0.2) is 6.20 Å². The number of anilines is 2. The van der Waals surface area contributed by atoms with Gasteiger partial charge in [-0.1, -0.05) is 0 Å². The summed E-state index contributed by atoms with van der Waals surface area (Å²) in [6.45, 7) is 1.15. The van der Waals surface area contributed by atoms with Crippen LogP contribution >= 0.6 is 0 Å². The lowest BCUT2D eigenvalue weighted by Crippen LogP contribution is -2.34. The van der Waals surface area contributed by atoms with Crippen molar-refractivity contribution in [1.82, 2.24) is 15.3 Å². The van der Waals surface area contributed by atoms with Crippen molar-refractivity contribution in [1.29, 1.82) is 0 Å². The van der Waals surface area contributed by atoms with Crippen molar-refractivity contribution in [2.75, 3.05) is 36.9 Å². The highest BCUT2D eigenvalue weighted by Crippen LogP contribution is 2.26. The van der Waals surface area contributed by atoms with E-state index in [1.54, 1.807) is 11.9 Å². The molecule has 1 amide bonds. The van der Waals surface area contributed by atoms with Gasteiger partial charge < -0.3 is 15.5 Å². The monoisotopic (exact) mass is 266 g/mol. The Morgan fingerprint density at radius 2 is 2.37 bits per heavy atom. The second-order valence-electron chi connectivity index (χ2n) is 4.03. The molecule has 0 unspecified atom stereocenters. The topological polar surface area (TPSA) is 113 Å². The van der Waals surface area contributed by atoms with E-state index in [9.17, 15) is 14.9 Å². The third-order valence-corrected chi connectivity index (χ3v) is 2.73. The zero-order valence-corrected chi connectivity index (χ0v) is 10.4. The van der Waals surface area contributed by atoms with Crippen molar-refractivity contribution < 1.29 is 9.72 Å². The van der Waals surface area contributed by atoms with Gasteiger partial charge in [0.1, 0.15) is 6.20 Å². The van der Waals surface area contributed by atoms with Gasteiger partial charge in [-0.25, -0.2) is 4.98 Å². The molecular weight excluding hydrogens is 252 g/mol. The number of aromatic nitrogens is 2. The number of rotatable bonds is 3. The Morgan fingerprint density at radius 1 is 1.58 bits per heavy atom. The fraction of sp³-hybridized carbons (Fsp3) is 0.500. The maximum atomic E-state index is 11.5. The van der Waals surface area contributed by atoms with E-state index < -0.39 is 4.92 Å². The van der Waals surface area contributed by atoms with E-state index >= 15 is 0 Å². The quantitative estimate of drug-likeness (QED) is 0.573. The molecule has 1 saturated heterocycles. The predicted molar refractivity (Wildman–Crippen MR) is 68.1 cm³/mol. The standard InChI is InChI=1S/C10H14N6O3/c1-11-10-13-5-7(16(18)19)9(14-10)15-4-2-3-12-8(17)6-15/h5H,2-4,6H2,1H3,(H,12,17)(H,11,13,14). The van der Waals surface area contributed by atoms with Crippen molar-refractivity contribution in [2.24, 2.45) is 0 Å². The van der Waals surface area contributed by atoms with Crippen molar-refractivity contribution in [2.45, 2.75) is 6.42 Å². The molecule has 0 spiro atoms. The molecule has 1 aromatic heterocycles. The lowest BCUT2D eigenvalue weighted by Gasteiger charge is -2.19. The molecule has 1 aliphatic heterocycles. The molecule has 1 fully saturated rings. The van der Waals surface area contributed by atoms with Crippen LogP contribution in [0, 0.1) is 10.1 Å². The highest BCUT2D eigenvalue weighted by atomic mass is 16.6. The number of hydrogen-bond donors (Lipinski definition) is 2. The number of carbonyl (C=O) groups excluding carboxylic acids is 1. The first-order valence-electron chi connectivity index (χ1n) is 5.82. The van der Waals surface area contributed by atoms with E-state index in [-0.39, 0.29) is 29.9 Å². The summed E-state index contributed by atoms with van der Waals surface area (Å²) in [4.78, 5) is 31.5. The van der Waals surface area contributed by atoms with Crippen molar-refractivity contribution in [3.63, 3.8) is 0 Å². The molecule has 9 heteroatoms. The van der Waals surface area contributed by atoms with Crippen LogP contribution in [0.2, 0.25) is 0 Å². The number of nitro groups is 1. The molecule has 2 heterocycles. The zero-order valence-electron chi connectivity index (χ0n) is 10.4. The Hall–Kier alpha value is -2.45. The number of nitrogens with zero attached hydrogens (tertiary/aromatic N) is 4. The highest BCUT2D eigenvalue weighted by molar-refractivity contribution is 5.82. The van der Waals surface area contributed by atoms with Gasteiger partial charge in [-0.2, -0.15) is 4.98 Å². The van der Waals surface area contributed by atoms with Crippen LogP contribution in [0.3, 0.4) is 0 Å². The molecule has 2 N–H and O–H groups in total. The summed E-state index contributed by atoms with van der Waals surface area (Å²) in [6.07, 6.45) is 1.86. The van der Waals surface area contributed by atoms with Gasteiger partial charge in [-0.15, -0.1) is 0 Å². The van der Waals surface area contributed by atoms with Crippen molar-refractivity contribution in [3.8, 4) is 0 Å². The van der Waals surface area contributed by atoms with Gasteiger partial charge in [0.2, 0.25) is 17.7 Å². The summed E-state index contributed by atoms with van der Waals surface area (Å²) in [7, 11) is 1.63. The summed E-state index contributed by atoms with van der Waals surface area (Å²) < 4.78 is 0. The minimum absolute atomic E-state index is 0.0566. The normalized spacial score (nSPS) is 15.6. The molecule has 102 valence electrons. The average Bonchev–Trinajstić information content (AvgIpc) is 2.62. The number of amides is 1. The molecule has 0 radical (unpaired) electrons. The van der Waals surface area contributed by atoms with Gasteiger partial charge in [0.15, 0.2) is 0 Å². The first kappa shape index (κ1) is 13.0. The van der Waals surface area contributed by atoms with Crippen LogP contribution in [0.25, 0.3) is 0 Å². The van der Waals surface area contributed by atoms with Gasteiger partial charge >= 0.3 is 5.69 Å². The first-order valence-corrected chi connectivity index (χ1v) is 5.82. The predicted octanol–water partition coefficient (Wildman–Crippen LogP) is -0.247. The largest absolute Gasteiger partial charge is 0.357 e. The molecule has 1 aliphatic rings. The molecular formula is C10H14N6O3. The lowest BCUT2D eigenvalue weighted by molar-refractivity contribution is -0.384. The van der Waals surface area contributed by atoms with E-state index in [4.69, 9.17) is 0 Å². The van der Waals surface area contributed by atoms with Crippen molar-refractivity contribution in [3.05, 3.63) is 16.3 Å². The maximum absolute atomic E-state index is 11.5. The van der Waals surface area contributed by atoms with Crippen LogP contribution in [0.1, 0.15) is 6.42 Å². The van der Waals surface area contributed by atoms with E-state index in [0.29, 0.717) is 19.5 Å². The molecule has 9 nitrogen and oxygen atoms in total. The molecule has 0 atom stereocenters. The van der Waals surface area contributed by atoms with Gasteiger partial charge in [0.05, 0.1) is 11.5 Å². The molecule has 0 saturated carbocycles. The van der Waals surface area contributed by atoms with Crippen LogP contribution in [-0.2, 0) is 4.79 Å². The third kappa shape index (κ3) is 2.87. The lowest BCUT2D eigenvalue weighted by atomic mass is 10.3. The minimum Gasteiger partial charge on any atom is -0.357 e. The summed E-state index contributed by atoms with van der Waals surface area (Å²) in [6, 6.07) is 0. The highest BCUT2D eigenvalue weighted by Gasteiger charge is 2.25. The van der Waals surface area contributed by atoms with E-state index in [1.165, 1.54) is 0 Å². The number of nitrogens with one attached hydrogen (secondary N) is 2. The molecule has 0 aromatic carbocycles. The maximum Gasteiger partial charge on any atom is 0.329 e. The molecule has 2 rings (SSSR count). The molecule has 0 aliphatic carbocycles. The van der Waals surface area contributed by atoms with Gasteiger partial charge in [-0.3, -0.25) is 14.9 Å². The van der Waals surface area contributed by atoms with E-state index in [0.717, 1.165) is 6.20 Å². The number of hydrogen-bond acceptors (Lipinski definition) is 7. The smallest absolute Gasteiger partial charge is 0.329 e. The molecule has 19 heavy (non-hydrogen) atoms. The van der Waals surface area contributed by atoms with Gasteiger partial charge in [0.25, 0.3) is 0 Å². The Balaban J connectivity index is 2.39. The molecule has 0 bridgehead atoms. The summed E-state index contributed by atoms with van der Waals surface area (Å²) in [5.41, 5.74) is -0.200. The Labute approximate surface area is 109 Å². The van der Waals surface area contributed by atoms with Crippen molar-refractivity contribution >= 4 is 23.4 Å². The SMILES string of the molecule is CNc1ncc([N+](=O)[O-])c(N2CCCNC(=O)C2)n1. The van der Waals surface area contributed by atoms with E-state index in [2.05, 4.69) is 20.6 Å². The zero-order chi connectivity index (χ0) is 13.8. The Kier molecular flexibility index (Phi) is 3.74. The fourth-order valence-corrected chi connectivity index (χ4v) is 1.84. The summed E-state index contributed by atoms with van der Waals surface area (Å²) >= 11 is 0. The minimum atomic E-state index is -0.544. The first-order chi connectivity index (χ1) is 9.11. The molecule has 1 aromatic rings. The third-order valence-electron chi connectivity index (χ3n) is 2.73. The second kappa shape index (κ2) is 5.46. The summed E-state index contributed by atoms with van der Waals surface area (Å²) in [5.74, 6) is 0.281. The van der Waals surface area contributed by atoms with Crippen LogP contribution in [-0.4, -0.2) is 47.5 Å². The van der Waals surface area contributed by atoms with Crippen LogP contribution < -0.4 is 15.5 Å². The van der Waals surface area contributed by atoms with Gasteiger partial charge in [-0.05, 0) is 6.42 Å². The average molecular weight is 266 g/mol. The Morgan fingerprint density at radius 3 is 3.05 bits per heavy atom. The van der Waals surface area contributed by atoms with Gasteiger partial charge in [0, 0.05) is 20.1 Å². The van der Waals surface area contributed by atoms with Crippen LogP contribution in [0.4, 0.5) is 17.5 Å². The summed E-state index contributed by atoms with van der Waals surface area (Å²) in [5, 5.41) is 16.4. The van der Waals surface area contributed by atoms with Crippen LogP contribution in [0.5, 0.6) is 0 Å². The fourth-order valence-electron chi connectivity index (χ4n) is 1.84. The van der Waals surface area contributed by atoms with E-state index in [1.807, 2.05) is 0 Å². The Bertz CT molecular complexity index is 506. The number of carbonyl (C=O) groups is 1.